The predicted molar refractivity (Wildman–Crippen MR) is 76.5 cm³/mol. The van der Waals surface area contributed by atoms with Gasteiger partial charge in [-0.25, -0.2) is 4.98 Å². The zero-order chi connectivity index (χ0) is 13.8. The minimum Gasteiger partial charge on any atom is -0.481 e. The molecule has 5 heteroatoms. The molecule has 2 heterocycles. The van der Waals surface area contributed by atoms with Crippen LogP contribution in [0.25, 0.3) is 0 Å². The van der Waals surface area contributed by atoms with Crippen molar-refractivity contribution in [1.29, 1.82) is 0 Å². The number of piperidine rings is 1. The van der Waals surface area contributed by atoms with Crippen LogP contribution >= 0.6 is 11.3 Å². The van der Waals surface area contributed by atoms with Gasteiger partial charge >= 0.3 is 5.97 Å². The van der Waals surface area contributed by atoms with E-state index in [-0.39, 0.29) is 6.42 Å². The largest absolute Gasteiger partial charge is 0.481 e. The van der Waals surface area contributed by atoms with Crippen LogP contribution in [-0.2, 0) is 11.3 Å². The van der Waals surface area contributed by atoms with Gasteiger partial charge in [-0.3, -0.25) is 9.69 Å². The lowest BCUT2D eigenvalue weighted by molar-refractivity contribution is -0.137. The van der Waals surface area contributed by atoms with E-state index >= 15 is 0 Å². The third kappa shape index (κ3) is 4.01. The Kier molecular flexibility index (Phi) is 4.93. The number of hydrogen-bond acceptors (Lipinski definition) is 4. The molecule has 1 aromatic rings. The summed E-state index contributed by atoms with van der Waals surface area (Å²) < 4.78 is 0. The lowest BCUT2D eigenvalue weighted by Crippen LogP contribution is -2.39. The predicted octanol–water partition coefficient (Wildman–Crippen LogP) is 2.98. The van der Waals surface area contributed by atoms with Crippen molar-refractivity contribution in [3.05, 3.63) is 15.6 Å². The molecule has 1 unspecified atom stereocenters. The lowest BCUT2D eigenvalue weighted by Gasteiger charge is -2.35. The van der Waals surface area contributed by atoms with Crippen molar-refractivity contribution in [1.82, 2.24) is 9.88 Å². The fourth-order valence-corrected chi connectivity index (χ4v) is 3.75. The summed E-state index contributed by atoms with van der Waals surface area (Å²) in [7, 11) is 0. The zero-order valence-corrected chi connectivity index (χ0v) is 12.5. The van der Waals surface area contributed by atoms with E-state index in [0.717, 1.165) is 36.6 Å². The molecule has 106 valence electrons. The van der Waals surface area contributed by atoms with E-state index in [0.29, 0.717) is 6.04 Å². The average molecular weight is 282 g/mol. The van der Waals surface area contributed by atoms with Crippen LogP contribution in [-0.4, -0.2) is 33.5 Å². The maximum atomic E-state index is 10.7. The Bertz CT molecular complexity index is 445. The molecule has 0 bridgehead atoms. The van der Waals surface area contributed by atoms with Crippen molar-refractivity contribution in [2.45, 2.75) is 58.5 Å². The van der Waals surface area contributed by atoms with Crippen LogP contribution in [0.4, 0.5) is 0 Å². The van der Waals surface area contributed by atoms with Gasteiger partial charge in [0.2, 0.25) is 0 Å². The van der Waals surface area contributed by atoms with Gasteiger partial charge in [0, 0.05) is 23.9 Å². The van der Waals surface area contributed by atoms with Crippen LogP contribution in [0.5, 0.6) is 0 Å². The first-order valence-corrected chi connectivity index (χ1v) is 7.76. The first-order valence-electron chi connectivity index (χ1n) is 6.95. The van der Waals surface area contributed by atoms with Gasteiger partial charge in [-0.05, 0) is 39.7 Å². The summed E-state index contributed by atoms with van der Waals surface area (Å²) in [5.41, 5.74) is 1.13. The SMILES string of the molecule is Cc1nc(C)c(CN2CCCCC2CCC(=O)O)s1. The average Bonchev–Trinajstić information content (AvgIpc) is 2.67. The smallest absolute Gasteiger partial charge is 0.303 e. The van der Waals surface area contributed by atoms with E-state index in [1.54, 1.807) is 11.3 Å². The van der Waals surface area contributed by atoms with E-state index in [1.807, 2.05) is 6.92 Å². The number of hydrogen-bond donors (Lipinski definition) is 1. The van der Waals surface area contributed by atoms with Crippen molar-refractivity contribution >= 4 is 17.3 Å². The number of thiazole rings is 1. The number of aryl methyl sites for hydroxylation is 2. The normalized spacial score (nSPS) is 20.6. The van der Waals surface area contributed by atoms with Crippen LogP contribution in [0.15, 0.2) is 0 Å². The van der Waals surface area contributed by atoms with Gasteiger partial charge in [0.25, 0.3) is 0 Å². The van der Waals surface area contributed by atoms with E-state index in [9.17, 15) is 4.79 Å². The number of likely N-dealkylation sites (tertiary alicyclic amines) is 1. The summed E-state index contributed by atoms with van der Waals surface area (Å²) in [5.74, 6) is -0.685. The minimum absolute atomic E-state index is 0.280. The lowest BCUT2D eigenvalue weighted by atomic mass is 9.98. The number of aromatic nitrogens is 1. The fourth-order valence-electron chi connectivity index (χ4n) is 2.79. The molecule has 1 aromatic heterocycles. The maximum Gasteiger partial charge on any atom is 0.303 e. The highest BCUT2D eigenvalue weighted by Gasteiger charge is 2.24. The Morgan fingerprint density at radius 3 is 2.89 bits per heavy atom. The Labute approximate surface area is 118 Å². The summed E-state index contributed by atoms with van der Waals surface area (Å²) in [6.45, 7) is 6.12. The molecule has 1 atom stereocenters. The molecule has 1 saturated heterocycles. The highest BCUT2D eigenvalue weighted by Crippen LogP contribution is 2.26. The number of aliphatic carboxylic acids is 1. The van der Waals surface area contributed by atoms with E-state index < -0.39 is 5.97 Å². The second kappa shape index (κ2) is 6.48. The van der Waals surface area contributed by atoms with Crippen LogP contribution in [0.1, 0.15) is 47.7 Å². The van der Waals surface area contributed by atoms with Crippen molar-refractivity contribution in [2.75, 3.05) is 6.54 Å². The maximum absolute atomic E-state index is 10.7. The molecule has 0 aliphatic carbocycles. The highest BCUT2D eigenvalue weighted by atomic mass is 32.1. The van der Waals surface area contributed by atoms with Gasteiger partial charge in [0.05, 0.1) is 10.7 Å². The van der Waals surface area contributed by atoms with Crippen molar-refractivity contribution in [2.24, 2.45) is 0 Å². The van der Waals surface area contributed by atoms with Crippen LogP contribution in [0, 0.1) is 13.8 Å². The standard InChI is InChI=1S/C14H22N2O2S/c1-10-13(19-11(2)15-10)9-16-8-4-3-5-12(16)6-7-14(17)18/h12H,3-9H2,1-2H3,(H,17,18). The molecule has 0 amide bonds. The first-order chi connectivity index (χ1) is 9.06. The molecule has 19 heavy (non-hydrogen) atoms. The summed E-state index contributed by atoms with van der Waals surface area (Å²) >= 11 is 1.77. The first kappa shape index (κ1) is 14.5. The Hall–Kier alpha value is -0.940. The fraction of sp³-hybridized carbons (Fsp3) is 0.714. The summed E-state index contributed by atoms with van der Waals surface area (Å²) in [6, 6.07) is 0.423. The summed E-state index contributed by atoms with van der Waals surface area (Å²) in [6.07, 6.45) is 4.63. The molecule has 1 fully saturated rings. The molecule has 0 radical (unpaired) electrons. The molecule has 2 rings (SSSR count). The zero-order valence-electron chi connectivity index (χ0n) is 11.7. The monoisotopic (exact) mass is 282 g/mol. The molecule has 0 saturated carbocycles. The van der Waals surface area contributed by atoms with Gasteiger partial charge in [-0.1, -0.05) is 6.42 Å². The number of carbonyl (C=O) groups is 1. The van der Waals surface area contributed by atoms with Gasteiger partial charge in [-0.15, -0.1) is 11.3 Å². The Morgan fingerprint density at radius 2 is 2.26 bits per heavy atom. The van der Waals surface area contributed by atoms with E-state index in [2.05, 4.69) is 16.8 Å². The van der Waals surface area contributed by atoms with Crippen LogP contribution in [0.3, 0.4) is 0 Å². The third-order valence-electron chi connectivity index (χ3n) is 3.79. The molecule has 1 aliphatic rings. The minimum atomic E-state index is -0.685. The number of nitrogens with zero attached hydrogens (tertiary/aromatic N) is 2. The van der Waals surface area contributed by atoms with E-state index in [4.69, 9.17) is 5.11 Å². The van der Waals surface area contributed by atoms with Gasteiger partial charge in [0.1, 0.15) is 0 Å². The topological polar surface area (TPSA) is 53.4 Å². The molecule has 0 spiro atoms. The summed E-state index contributed by atoms with van der Waals surface area (Å²) in [5, 5.41) is 9.96. The Balaban J connectivity index is 1.99. The van der Waals surface area contributed by atoms with Crippen LogP contribution in [0.2, 0.25) is 0 Å². The Morgan fingerprint density at radius 1 is 1.47 bits per heavy atom. The second-order valence-electron chi connectivity index (χ2n) is 5.29. The quantitative estimate of drug-likeness (QED) is 0.902. The second-order valence-corrected chi connectivity index (χ2v) is 6.58. The molecule has 4 nitrogen and oxygen atoms in total. The molecular formula is C14H22N2O2S. The number of carboxylic acids is 1. The third-order valence-corrected chi connectivity index (χ3v) is 4.84. The molecule has 0 aromatic carbocycles. The highest BCUT2D eigenvalue weighted by molar-refractivity contribution is 7.11. The molecule has 1 N–H and O–H groups in total. The number of rotatable bonds is 5. The van der Waals surface area contributed by atoms with Gasteiger partial charge < -0.3 is 5.11 Å². The van der Waals surface area contributed by atoms with Crippen molar-refractivity contribution in [3.63, 3.8) is 0 Å². The molecule has 1 aliphatic heterocycles. The van der Waals surface area contributed by atoms with Gasteiger partial charge in [0.15, 0.2) is 0 Å². The summed E-state index contributed by atoms with van der Waals surface area (Å²) in [4.78, 5) is 19.0. The van der Waals surface area contributed by atoms with Crippen molar-refractivity contribution < 1.29 is 9.90 Å². The number of carboxylic acid groups (broad SMARTS) is 1. The molecular weight excluding hydrogens is 260 g/mol. The van der Waals surface area contributed by atoms with Gasteiger partial charge in [-0.2, -0.15) is 0 Å². The van der Waals surface area contributed by atoms with Crippen LogP contribution < -0.4 is 0 Å². The van der Waals surface area contributed by atoms with Crippen molar-refractivity contribution in [3.8, 4) is 0 Å². The van der Waals surface area contributed by atoms with E-state index in [1.165, 1.54) is 17.7 Å².